The van der Waals surface area contributed by atoms with Crippen LogP contribution in [0.1, 0.15) is 5.56 Å². The number of hydrogen-bond donors (Lipinski definition) is 0. The van der Waals surface area contributed by atoms with Gasteiger partial charge in [-0.3, -0.25) is 9.78 Å². The summed E-state index contributed by atoms with van der Waals surface area (Å²) in [5, 5.41) is 1.14. The summed E-state index contributed by atoms with van der Waals surface area (Å²) in [5.74, 6) is 0.0670. The number of rotatable bonds is 5. The van der Waals surface area contributed by atoms with E-state index >= 15 is 0 Å². The Morgan fingerprint density at radius 1 is 1.00 bits per heavy atom. The highest BCUT2D eigenvalue weighted by Gasteiger charge is 2.16. The minimum atomic E-state index is 0.0670. The van der Waals surface area contributed by atoms with E-state index in [-0.39, 0.29) is 5.91 Å². The van der Waals surface area contributed by atoms with Gasteiger partial charge in [0.1, 0.15) is 6.54 Å². The number of carbonyl (C=O) groups is 1. The third-order valence-electron chi connectivity index (χ3n) is 4.74. The molecule has 4 rings (SSSR count). The van der Waals surface area contributed by atoms with Crippen LogP contribution in [-0.2, 0) is 17.9 Å². The number of nitrogens with zero attached hydrogens (tertiary/aromatic N) is 3. The molecule has 2 aromatic heterocycles. The van der Waals surface area contributed by atoms with Crippen molar-refractivity contribution in [1.82, 2.24) is 14.5 Å². The average molecular weight is 355 g/mol. The van der Waals surface area contributed by atoms with Crippen LogP contribution in [0.15, 0.2) is 85.2 Å². The summed E-state index contributed by atoms with van der Waals surface area (Å²) in [7, 11) is 1.84. The number of hydrogen-bond acceptors (Lipinski definition) is 2. The fraction of sp³-hybridized carbons (Fsp3) is 0.130. The molecule has 4 aromatic rings. The molecular weight excluding hydrogens is 334 g/mol. The van der Waals surface area contributed by atoms with E-state index in [9.17, 15) is 4.79 Å². The second-order valence-electron chi connectivity index (χ2n) is 6.65. The molecule has 0 unspecified atom stereocenters. The summed E-state index contributed by atoms with van der Waals surface area (Å²) in [6, 6.07) is 24.4. The molecule has 0 saturated carbocycles. The van der Waals surface area contributed by atoms with Crippen LogP contribution in [0.3, 0.4) is 0 Å². The van der Waals surface area contributed by atoms with Crippen molar-refractivity contribution in [3.8, 4) is 11.3 Å². The first kappa shape index (κ1) is 17.0. The Kier molecular flexibility index (Phi) is 4.71. The van der Waals surface area contributed by atoms with Gasteiger partial charge in [0.2, 0.25) is 5.91 Å². The van der Waals surface area contributed by atoms with E-state index in [4.69, 9.17) is 0 Å². The third kappa shape index (κ3) is 3.60. The van der Waals surface area contributed by atoms with Gasteiger partial charge in [-0.1, -0.05) is 54.6 Å². The molecule has 27 heavy (non-hydrogen) atoms. The highest BCUT2D eigenvalue weighted by molar-refractivity contribution is 5.89. The molecule has 2 aromatic carbocycles. The van der Waals surface area contributed by atoms with E-state index < -0.39 is 0 Å². The summed E-state index contributed by atoms with van der Waals surface area (Å²) in [5.41, 5.74) is 4.25. The maximum atomic E-state index is 12.9. The Morgan fingerprint density at radius 2 is 1.78 bits per heavy atom. The van der Waals surface area contributed by atoms with Gasteiger partial charge in [-0.05, 0) is 29.3 Å². The van der Waals surface area contributed by atoms with Gasteiger partial charge < -0.3 is 9.47 Å². The van der Waals surface area contributed by atoms with Crippen molar-refractivity contribution in [3.05, 3.63) is 90.8 Å². The van der Waals surface area contributed by atoms with E-state index in [2.05, 4.69) is 39.9 Å². The Labute approximate surface area is 158 Å². The second-order valence-corrected chi connectivity index (χ2v) is 6.65. The Hall–Kier alpha value is -3.40. The van der Waals surface area contributed by atoms with Crippen LogP contribution in [0.5, 0.6) is 0 Å². The highest BCUT2D eigenvalue weighted by Crippen LogP contribution is 2.28. The number of carbonyl (C=O) groups excluding carboxylic acids is 1. The van der Waals surface area contributed by atoms with Gasteiger partial charge in [-0.25, -0.2) is 0 Å². The predicted octanol–water partition coefficient (Wildman–Crippen LogP) is 4.36. The van der Waals surface area contributed by atoms with E-state index in [1.54, 1.807) is 17.3 Å². The number of para-hydroxylation sites is 1. The average Bonchev–Trinajstić information content (AvgIpc) is 3.08. The number of pyridine rings is 1. The van der Waals surface area contributed by atoms with E-state index in [1.165, 1.54) is 0 Å². The van der Waals surface area contributed by atoms with Gasteiger partial charge in [0.25, 0.3) is 0 Å². The van der Waals surface area contributed by atoms with E-state index in [0.717, 1.165) is 27.7 Å². The topological polar surface area (TPSA) is 38.1 Å². The summed E-state index contributed by atoms with van der Waals surface area (Å²) in [4.78, 5) is 18.8. The molecule has 0 bridgehead atoms. The quantitative estimate of drug-likeness (QED) is 0.533. The van der Waals surface area contributed by atoms with Crippen molar-refractivity contribution in [3.63, 3.8) is 0 Å². The lowest BCUT2D eigenvalue weighted by molar-refractivity contribution is -0.130. The van der Waals surface area contributed by atoms with Crippen LogP contribution in [0.4, 0.5) is 0 Å². The number of aromatic nitrogens is 2. The summed E-state index contributed by atoms with van der Waals surface area (Å²) in [6.45, 7) is 0.848. The zero-order valence-electron chi connectivity index (χ0n) is 15.2. The van der Waals surface area contributed by atoms with Crippen LogP contribution in [0.25, 0.3) is 22.2 Å². The lowest BCUT2D eigenvalue weighted by Gasteiger charge is -2.19. The van der Waals surface area contributed by atoms with Crippen molar-refractivity contribution in [2.24, 2.45) is 0 Å². The van der Waals surface area contributed by atoms with Crippen molar-refractivity contribution in [2.45, 2.75) is 13.1 Å². The van der Waals surface area contributed by atoms with Crippen LogP contribution in [0.2, 0.25) is 0 Å². The normalized spacial score (nSPS) is 10.9. The summed E-state index contributed by atoms with van der Waals surface area (Å²) < 4.78 is 2.10. The van der Waals surface area contributed by atoms with Gasteiger partial charge in [-0.2, -0.15) is 0 Å². The fourth-order valence-electron chi connectivity index (χ4n) is 3.34. The lowest BCUT2D eigenvalue weighted by atomic mass is 10.1. The second kappa shape index (κ2) is 7.46. The lowest BCUT2D eigenvalue weighted by Crippen LogP contribution is -2.30. The zero-order valence-corrected chi connectivity index (χ0v) is 15.2. The number of benzene rings is 2. The van der Waals surface area contributed by atoms with Gasteiger partial charge in [0.05, 0.1) is 0 Å². The van der Waals surface area contributed by atoms with Gasteiger partial charge >= 0.3 is 0 Å². The minimum Gasteiger partial charge on any atom is -0.340 e. The Morgan fingerprint density at radius 3 is 2.56 bits per heavy atom. The largest absolute Gasteiger partial charge is 0.340 e. The summed E-state index contributed by atoms with van der Waals surface area (Å²) >= 11 is 0. The minimum absolute atomic E-state index is 0.0670. The van der Waals surface area contributed by atoms with Gasteiger partial charge in [-0.15, -0.1) is 0 Å². The monoisotopic (exact) mass is 355 g/mol. The Bertz CT molecular complexity index is 1050. The molecule has 4 heteroatoms. The SMILES string of the molecule is CN(Cc1cccnc1)C(=O)Cn1c(-c2ccccc2)cc2ccccc21. The molecule has 0 fully saturated rings. The molecule has 134 valence electrons. The third-order valence-corrected chi connectivity index (χ3v) is 4.74. The number of likely N-dealkylation sites (N-methyl/N-ethyl adjacent to an activating group) is 1. The first-order valence-corrected chi connectivity index (χ1v) is 8.99. The molecule has 0 N–H and O–H groups in total. The van der Waals surface area contributed by atoms with Crippen LogP contribution >= 0.6 is 0 Å². The van der Waals surface area contributed by atoms with Crippen molar-refractivity contribution >= 4 is 16.8 Å². The smallest absolute Gasteiger partial charge is 0.242 e. The summed E-state index contributed by atoms with van der Waals surface area (Å²) in [6.07, 6.45) is 3.54. The Balaban J connectivity index is 1.65. The predicted molar refractivity (Wildman–Crippen MR) is 108 cm³/mol. The molecule has 0 aliphatic carbocycles. The molecule has 2 heterocycles. The van der Waals surface area contributed by atoms with Gasteiger partial charge in [0.15, 0.2) is 0 Å². The maximum absolute atomic E-state index is 12.9. The molecule has 4 nitrogen and oxygen atoms in total. The molecule has 0 atom stereocenters. The molecule has 0 spiro atoms. The first-order valence-electron chi connectivity index (χ1n) is 8.99. The van der Waals surface area contributed by atoms with Crippen molar-refractivity contribution in [1.29, 1.82) is 0 Å². The molecule has 0 radical (unpaired) electrons. The van der Waals surface area contributed by atoms with Crippen LogP contribution in [-0.4, -0.2) is 27.4 Å². The molecule has 0 aliphatic rings. The molecule has 1 amide bonds. The zero-order chi connectivity index (χ0) is 18.6. The van der Waals surface area contributed by atoms with Crippen molar-refractivity contribution in [2.75, 3.05) is 7.05 Å². The number of fused-ring (bicyclic) bond motifs is 1. The van der Waals surface area contributed by atoms with Gasteiger partial charge in [0, 0.05) is 42.6 Å². The fourth-order valence-corrected chi connectivity index (χ4v) is 3.34. The highest BCUT2D eigenvalue weighted by atomic mass is 16.2. The van der Waals surface area contributed by atoms with Crippen LogP contribution < -0.4 is 0 Å². The molecule has 0 aliphatic heterocycles. The van der Waals surface area contributed by atoms with Crippen LogP contribution in [0, 0.1) is 0 Å². The first-order chi connectivity index (χ1) is 13.2. The van der Waals surface area contributed by atoms with E-state index in [1.807, 2.05) is 49.5 Å². The molecular formula is C23H21N3O. The molecule has 0 saturated heterocycles. The van der Waals surface area contributed by atoms with Crippen molar-refractivity contribution < 1.29 is 4.79 Å². The number of amides is 1. The maximum Gasteiger partial charge on any atom is 0.242 e. The van der Waals surface area contributed by atoms with E-state index in [0.29, 0.717) is 13.1 Å². The standard InChI is InChI=1S/C23H21N3O/c1-25(16-18-8-7-13-24-15-18)23(27)17-26-21-12-6-5-11-20(21)14-22(26)19-9-3-2-4-10-19/h2-15H,16-17H2,1H3.